The Morgan fingerprint density at radius 1 is 1.26 bits per heavy atom. The lowest BCUT2D eigenvalue weighted by Gasteiger charge is -2.10. The second-order valence-corrected chi connectivity index (χ2v) is 12.2. The Hall–Kier alpha value is -2.50. The molecule has 0 radical (unpaired) electrons. The van der Waals surface area contributed by atoms with Gasteiger partial charge in [0, 0.05) is 28.4 Å². The summed E-state index contributed by atoms with van der Waals surface area (Å²) in [6.45, 7) is 6.27. The standard InChI is InChI=1S/C24H28BrN3O5S2/c1-4-5-11-33-24(30)27-35(31,32)22-20(14-19(34-22)12-16(2)3)17-7-6-8-18(13-17)21(29)15-28-10-9-26-23(28)25/h6-10,13-14,16H,4-5,11-12,15H2,1-3H3,(H,27,30). The Bertz CT molecular complexity index is 1300. The third-order valence-electron chi connectivity index (χ3n) is 5.03. The second-order valence-electron chi connectivity index (χ2n) is 8.43. The van der Waals surface area contributed by atoms with Crippen LogP contribution in [0.3, 0.4) is 0 Å². The number of benzene rings is 1. The van der Waals surface area contributed by atoms with Gasteiger partial charge in [-0.25, -0.2) is 22.9 Å². The number of sulfonamides is 1. The summed E-state index contributed by atoms with van der Waals surface area (Å²) in [5, 5.41) is 0. The van der Waals surface area contributed by atoms with Crippen LogP contribution in [0.4, 0.5) is 4.79 Å². The van der Waals surface area contributed by atoms with E-state index in [1.54, 1.807) is 41.2 Å². The number of hydrogen-bond acceptors (Lipinski definition) is 7. The molecule has 35 heavy (non-hydrogen) atoms. The van der Waals surface area contributed by atoms with Gasteiger partial charge in [-0.15, -0.1) is 11.3 Å². The van der Waals surface area contributed by atoms with E-state index in [1.807, 2.05) is 31.6 Å². The highest BCUT2D eigenvalue weighted by Gasteiger charge is 2.26. The number of thiophene rings is 1. The first kappa shape index (κ1) is 27.1. The van der Waals surface area contributed by atoms with Crippen molar-refractivity contribution in [1.82, 2.24) is 14.3 Å². The van der Waals surface area contributed by atoms with E-state index in [0.717, 1.165) is 22.6 Å². The van der Waals surface area contributed by atoms with Crippen molar-refractivity contribution in [3.05, 3.63) is 57.9 Å². The fourth-order valence-electron chi connectivity index (χ4n) is 3.36. The zero-order chi connectivity index (χ0) is 25.6. The van der Waals surface area contributed by atoms with Crippen LogP contribution < -0.4 is 4.72 Å². The molecule has 188 valence electrons. The van der Waals surface area contributed by atoms with Crippen LogP contribution in [0.25, 0.3) is 11.1 Å². The van der Waals surface area contributed by atoms with Crippen LogP contribution in [0.1, 0.15) is 48.8 Å². The van der Waals surface area contributed by atoms with Gasteiger partial charge in [0.2, 0.25) is 0 Å². The van der Waals surface area contributed by atoms with Gasteiger partial charge in [-0.05, 0) is 52.4 Å². The zero-order valence-corrected chi connectivity index (χ0v) is 23.0. The van der Waals surface area contributed by atoms with Crippen molar-refractivity contribution >= 4 is 49.2 Å². The number of nitrogens with one attached hydrogen (secondary N) is 1. The topological polar surface area (TPSA) is 107 Å². The van der Waals surface area contributed by atoms with Gasteiger partial charge in [0.05, 0.1) is 13.2 Å². The lowest BCUT2D eigenvalue weighted by atomic mass is 10.0. The van der Waals surface area contributed by atoms with Crippen LogP contribution in [-0.4, -0.2) is 36.5 Å². The van der Waals surface area contributed by atoms with Crippen molar-refractivity contribution in [3.8, 4) is 11.1 Å². The number of Topliss-reactive ketones (excluding diaryl/α,β-unsaturated/α-hetero) is 1. The molecule has 0 saturated heterocycles. The molecule has 11 heteroatoms. The number of hydrogen-bond donors (Lipinski definition) is 1. The molecule has 2 heterocycles. The average Bonchev–Trinajstić information content (AvgIpc) is 3.40. The third kappa shape index (κ3) is 7.25. The number of carbonyl (C=O) groups is 2. The number of imidazole rings is 1. The Morgan fingerprint density at radius 3 is 2.69 bits per heavy atom. The molecule has 3 aromatic rings. The van der Waals surface area contributed by atoms with Crippen LogP contribution in [0.5, 0.6) is 0 Å². The number of unbranched alkanes of at least 4 members (excludes halogenated alkanes) is 1. The van der Waals surface area contributed by atoms with Crippen LogP contribution in [0.15, 0.2) is 51.7 Å². The van der Waals surface area contributed by atoms with Crippen molar-refractivity contribution in [2.75, 3.05) is 6.61 Å². The van der Waals surface area contributed by atoms with Crippen LogP contribution in [-0.2, 0) is 27.7 Å². The fraction of sp³-hybridized carbons (Fsp3) is 0.375. The summed E-state index contributed by atoms with van der Waals surface area (Å²) in [6, 6.07) is 8.65. The van der Waals surface area contributed by atoms with E-state index in [-0.39, 0.29) is 23.1 Å². The van der Waals surface area contributed by atoms with E-state index < -0.39 is 16.1 Å². The highest BCUT2D eigenvalue weighted by atomic mass is 79.9. The summed E-state index contributed by atoms with van der Waals surface area (Å²) in [5.41, 5.74) is 1.46. The predicted octanol–water partition coefficient (Wildman–Crippen LogP) is 5.67. The first-order valence-electron chi connectivity index (χ1n) is 11.2. The van der Waals surface area contributed by atoms with Gasteiger partial charge in [-0.3, -0.25) is 4.79 Å². The lowest BCUT2D eigenvalue weighted by molar-refractivity contribution is 0.0971. The van der Waals surface area contributed by atoms with Crippen LogP contribution >= 0.6 is 27.3 Å². The van der Waals surface area contributed by atoms with Gasteiger partial charge in [0.25, 0.3) is 10.0 Å². The number of carbonyl (C=O) groups excluding carboxylic acids is 2. The molecule has 0 spiro atoms. The van der Waals surface area contributed by atoms with E-state index in [4.69, 9.17) is 4.74 Å². The second kappa shape index (κ2) is 12.0. The molecule has 3 rings (SSSR count). The van der Waals surface area contributed by atoms with E-state index in [2.05, 4.69) is 20.9 Å². The SMILES string of the molecule is CCCCOC(=O)NS(=O)(=O)c1sc(CC(C)C)cc1-c1cccc(C(=O)Cn2ccnc2Br)c1. The van der Waals surface area contributed by atoms with Gasteiger partial charge in [0.1, 0.15) is 4.21 Å². The van der Waals surface area contributed by atoms with Crippen molar-refractivity contribution < 1.29 is 22.7 Å². The number of amides is 1. The maximum absolute atomic E-state index is 13.2. The van der Waals surface area contributed by atoms with E-state index in [9.17, 15) is 18.0 Å². The van der Waals surface area contributed by atoms with Crippen molar-refractivity contribution in [3.63, 3.8) is 0 Å². The van der Waals surface area contributed by atoms with Gasteiger partial charge < -0.3 is 9.30 Å². The minimum absolute atomic E-state index is 0.0162. The smallest absolute Gasteiger partial charge is 0.421 e. The van der Waals surface area contributed by atoms with E-state index in [1.165, 1.54) is 0 Å². The zero-order valence-electron chi connectivity index (χ0n) is 19.8. The molecule has 8 nitrogen and oxygen atoms in total. The molecule has 0 aliphatic heterocycles. The summed E-state index contributed by atoms with van der Waals surface area (Å²) in [4.78, 5) is 29.9. The van der Waals surface area contributed by atoms with Crippen molar-refractivity contribution in [2.24, 2.45) is 5.92 Å². The number of rotatable bonds is 11. The van der Waals surface area contributed by atoms with Gasteiger partial charge in [0.15, 0.2) is 10.5 Å². The van der Waals surface area contributed by atoms with Gasteiger partial charge in [-0.2, -0.15) is 0 Å². The maximum Gasteiger partial charge on any atom is 0.421 e. The first-order chi connectivity index (χ1) is 16.6. The lowest BCUT2D eigenvalue weighted by Crippen LogP contribution is -2.31. The van der Waals surface area contributed by atoms with E-state index in [0.29, 0.717) is 40.2 Å². The molecule has 1 amide bonds. The Labute approximate surface area is 217 Å². The van der Waals surface area contributed by atoms with Gasteiger partial charge in [-0.1, -0.05) is 45.4 Å². The minimum Gasteiger partial charge on any atom is -0.449 e. The van der Waals surface area contributed by atoms with Crippen LogP contribution in [0, 0.1) is 5.92 Å². The maximum atomic E-state index is 13.2. The Kier molecular flexibility index (Phi) is 9.26. The predicted molar refractivity (Wildman–Crippen MR) is 139 cm³/mol. The molecule has 0 fully saturated rings. The Morgan fingerprint density at radius 2 is 2.03 bits per heavy atom. The first-order valence-corrected chi connectivity index (χ1v) is 14.3. The summed E-state index contributed by atoms with van der Waals surface area (Å²) >= 11 is 4.42. The van der Waals surface area contributed by atoms with Crippen molar-refractivity contribution in [2.45, 2.75) is 50.8 Å². The molecular formula is C24H28BrN3O5S2. The largest absolute Gasteiger partial charge is 0.449 e. The van der Waals surface area contributed by atoms with Crippen LogP contribution in [0.2, 0.25) is 0 Å². The number of ketones is 1. The molecule has 0 atom stereocenters. The number of nitrogens with zero attached hydrogens (tertiary/aromatic N) is 2. The highest BCUT2D eigenvalue weighted by Crippen LogP contribution is 2.36. The van der Waals surface area contributed by atoms with Gasteiger partial charge >= 0.3 is 6.09 Å². The molecule has 0 aliphatic carbocycles. The normalized spacial score (nSPS) is 11.6. The molecule has 0 aliphatic rings. The highest BCUT2D eigenvalue weighted by molar-refractivity contribution is 9.10. The molecule has 2 aromatic heterocycles. The Balaban J connectivity index is 1.94. The number of ether oxygens (including phenoxy) is 1. The summed E-state index contributed by atoms with van der Waals surface area (Å²) < 4.78 is 35.5. The number of halogens is 1. The molecular weight excluding hydrogens is 554 g/mol. The molecule has 0 saturated carbocycles. The monoisotopic (exact) mass is 581 g/mol. The van der Waals surface area contributed by atoms with E-state index >= 15 is 0 Å². The summed E-state index contributed by atoms with van der Waals surface area (Å²) in [7, 11) is -4.18. The third-order valence-corrected chi connectivity index (χ3v) is 8.69. The molecule has 0 unspecified atom stereocenters. The summed E-state index contributed by atoms with van der Waals surface area (Å²) in [5.74, 6) is 0.163. The number of aromatic nitrogens is 2. The van der Waals surface area contributed by atoms with Crippen molar-refractivity contribution in [1.29, 1.82) is 0 Å². The average molecular weight is 583 g/mol. The quantitative estimate of drug-likeness (QED) is 0.231. The minimum atomic E-state index is -4.18. The summed E-state index contributed by atoms with van der Waals surface area (Å²) in [6.07, 6.45) is 4.43. The fourth-order valence-corrected chi connectivity index (χ4v) is 6.56. The molecule has 1 N–H and O–H groups in total. The molecule has 0 bridgehead atoms. The molecule has 1 aromatic carbocycles.